The minimum atomic E-state index is -0.240. The third-order valence-corrected chi connectivity index (χ3v) is 2.96. The standard InChI is InChI=1S/C15H23NO2/c1-4-5-8-16-9-10-18-15(17)14-7-6-12(2)13(3)11-14/h6-7,11,16H,4-5,8-10H2,1-3H3. The lowest BCUT2D eigenvalue weighted by molar-refractivity contribution is 0.0508. The van der Waals surface area contributed by atoms with Gasteiger partial charge in [-0.1, -0.05) is 19.4 Å². The van der Waals surface area contributed by atoms with Gasteiger partial charge in [0.05, 0.1) is 5.56 Å². The second-order valence-corrected chi connectivity index (χ2v) is 4.54. The van der Waals surface area contributed by atoms with Crippen LogP contribution in [-0.2, 0) is 4.74 Å². The Kier molecular flexibility index (Phi) is 6.44. The lowest BCUT2D eigenvalue weighted by atomic mass is 10.1. The Morgan fingerprint density at radius 3 is 2.67 bits per heavy atom. The van der Waals surface area contributed by atoms with Gasteiger partial charge >= 0.3 is 5.97 Å². The summed E-state index contributed by atoms with van der Waals surface area (Å²) >= 11 is 0. The van der Waals surface area contributed by atoms with E-state index in [0.717, 1.165) is 25.1 Å². The molecule has 0 unspecified atom stereocenters. The van der Waals surface area contributed by atoms with Crippen molar-refractivity contribution in [2.45, 2.75) is 33.6 Å². The molecule has 0 saturated carbocycles. The molecule has 1 rings (SSSR count). The molecule has 0 aliphatic rings. The molecule has 0 aliphatic carbocycles. The van der Waals surface area contributed by atoms with Crippen LogP contribution in [0, 0.1) is 13.8 Å². The summed E-state index contributed by atoms with van der Waals surface area (Å²) in [5.74, 6) is -0.240. The molecule has 100 valence electrons. The molecule has 3 nitrogen and oxygen atoms in total. The molecule has 0 bridgehead atoms. The highest BCUT2D eigenvalue weighted by atomic mass is 16.5. The van der Waals surface area contributed by atoms with E-state index in [1.807, 2.05) is 32.0 Å². The number of esters is 1. The van der Waals surface area contributed by atoms with E-state index in [4.69, 9.17) is 4.74 Å². The van der Waals surface area contributed by atoms with Gasteiger partial charge < -0.3 is 10.1 Å². The number of unbranched alkanes of at least 4 members (excludes halogenated alkanes) is 1. The lowest BCUT2D eigenvalue weighted by Crippen LogP contribution is -2.22. The fourth-order valence-corrected chi connectivity index (χ4v) is 1.59. The van der Waals surface area contributed by atoms with E-state index in [9.17, 15) is 4.79 Å². The van der Waals surface area contributed by atoms with Gasteiger partial charge in [0.2, 0.25) is 0 Å². The van der Waals surface area contributed by atoms with Crippen LogP contribution in [0.3, 0.4) is 0 Å². The van der Waals surface area contributed by atoms with Crippen LogP contribution in [0.25, 0.3) is 0 Å². The third kappa shape index (κ3) is 4.88. The summed E-state index contributed by atoms with van der Waals surface area (Å²) in [5.41, 5.74) is 2.94. The van der Waals surface area contributed by atoms with Crippen molar-refractivity contribution in [3.05, 3.63) is 34.9 Å². The zero-order valence-corrected chi connectivity index (χ0v) is 11.6. The van der Waals surface area contributed by atoms with E-state index >= 15 is 0 Å². The van der Waals surface area contributed by atoms with Crippen LogP contribution in [0.1, 0.15) is 41.3 Å². The van der Waals surface area contributed by atoms with Gasteiger partial charge in [0, 0.05) is 6.54 Å². The topological polar surface area (TPSA) is 38.3 Å². The van der Waals surface area contributed by atoms with Crippen molar-refractivity contribution in [1.29, 1.82) is 0 Å². The van der Waals surface area contributed by atoms with Crippen molar-refractivity contribution in [2.24, 2.45) is 0 Å². The molecule has 0 saturated heterocycles. The Labute approximate surface area is 110 Å². The Bertz CT molecular complexity index is 388. The smallest absolute Gasteiger partial charge is 0.338 e. The highest BCUT2D eigenvalue weighted by Gasteiger charge is 2.07. The molecule has 0 fully saturated rings. The van der Waals surface area contributed by atoms with Gasteiger partial charge in [-0.3, -0.25) is 0 Å². The van der Waals surface area contributed by atoms with Crippen LogP contribution in [-0.4, -0.2) is 25.7 Å². The Morgan fingerprint density at radius 1 is 1.22 bits per heavy atom. The first-order valence-corrected chi connectivity index (χ1v) is 6.60. The van der Waals surface area contributed by atoms with Gasteiger partial charge in [-0.05, 0) is 50.1 Å². The van der Waals surface area contributed by atoms with Crippen LogP contribution < -0.4 is 5.32 Å². The average molecular weight is 249 g/mol. The number of benzene rings is 1. The number of aryl methyl sites for hydroxylation is 2. The number of hydrogen-bond acceptors (Lipinski definition) is 3. The van der Waals surface area contributed by atoms with Gasteiger partial charge in [-0.2, -0.15) is 0 Å². The Balaban J connectivity index is 2.30. The Hall–Kier alpha value is -1.35. The monoisotopic (exact) mass is 249 g/mol. The first-order chi connectivity index (χ1) is 8.65. The zero-order chi connectivity index (χ0) is 13.4. The summed E-state index contributed by atoms with van der Waals surface area (Å²) in [5, 5.41) is 3.24. The summed E-state index contributed by atoms with van der Waals surface area (Å²) in [7, 11) is 0. The zero-order valence-electron chi connectivity index (χ0n) is 11.6. The van der Waals surface area contributed by atoms with Crippen LogP contribution >= 0.6 is 0 Å². The number of hydrogen-bond donors (Lipinski definition) is 1. The molecule has 0 aliphatic heterocycles. The number of carbonyl (C=O) groups is 1. The number of rotatable bonds is 7. The molecule has 0 amide bonds. The largest absolute Gasteiger partial charge is 0.461 e. The molecular weight excluding hydrogens is 226 g/mol. The quantitative estimate of drug-likeness (QED) is 0.596. The molecule has 1 aromatic rings. The van der Waals surface area contributed by atoms with E-state index in [1.54, 1.807) is 0 Å². The SMILES string of the molecule is CCCCNCCOC(=O)c1ccc(C)c(C)c1. The van der Waals surface area contributed by atoms with Crippen LogP contribution in [0.2, 0.25) is 0 Å². The summed E-state index contributed by atoms with van der Waals surface area (Å²) in [6.45, 7) is 8.31. The molecule has 0 aromatic heterocycles. The van der Waals surface area contributed by atoms with Gasteiger partial charge in [-0.25, -0.2) is 4.79 Å². The molecule has 1 aromatic carbocycles. The minimum absolute atomic E-state index is 0.240. The number of ether oxygens (including phenoxy) is 1. The van der Waals surface area contributed by atoms with Gasteiger partial charge in [0.25, 0.3) is 0 Å². The van der Waals surface area contributed by atoms with Crippen molar-refractivity contribution < 1.29 is 9.53 Å². The van der Waals surface area contributed by atoms with Crippen molar-refractivity contribution in [2.75, 3.05) is 19.7 Å². The average Bonchev–Trinajstić information content (AvgIpc) is 2.36. The third-order valence-electron chi connectivity index (χ3n) is 2.96. The first-order valence-electron chi connectivity index (χ1n) is 6.60. The predicted octanol–water partition coefficient (Wildman–Crippen LogP) is 2.85. The van der Waals surface area contributed by atoms with Crippen molar-refractivity contribution >= 4 is 5.97 Å². The molecular formula is C15H23NO2. The maximum atomic E-state index is 11.7. The maximum Gasteiger partial charge on any atom is 0.338 e. The van der Waals surface area contributed by atoms with Crippen LogP contribution in [0.5, 0.6) is 0 Å². The van der Waals surface area contributed by atoms with E-state index < -0.39 is 0 Å². The first kappa shape index (κ1) is 14.7. The predicted molar refractivity (Wildman–Crippen MR) is 74.0 cm³/mol. The van der Waals surface area contributed by atoms with Crippen LogP contribution in [0.15, 0.2) is 18.2 Å². The van der Waals surface area contributed by atoms with E-state index in [-0.39, 0.29) is 5.97 Å². The molecule has 3 heteroatoms. The normalized spacial score (nSPS) is 10.4. The molecule has 0 spiro atoms. The highest BCUT2D eigenvalue weighted by molar-refractivity contribution is 5.89. The summed E-state index contributed by atoms with van der Waals surface area (Å²) < 4.78 is 5.20. The van der Waals surface area contributed by atoms with Crippen molar-refractivity contribution in [1.82, 2.24) is 5.32 Å². The second-order valence-electron chi connectivity index (χ2n) is 4.54. The van der Waals surface area contributed by atoms with Crippen molar-refractivity contribution in [3.8, 4) is 0 Å². The summed E-state index contributed by atoms with van der Waals surface area (Å²) in [6.07, 6.45) is 2.33. The van der Waals surface area contributed by atoms with E-state index in [2.05, 4.69) is 12.2 Å². The minimum Gasteiger partial charge on any atom is -0.461 e. The lowest BCUT2D eigenvalue weighted by Gasteiger charge is -2.07. The molecule has 18 heavy (non-hydrogen) atoms. The van der Waals surface area contributed by atoms with Gasteiger partial charge in [-0.15, -0.1) is 0 Å². The number of nitrogens with one attached hydrogen (secondary N) is 1. The van der Waals surface area contributed by atoms with Crippen LogP contribution in [0.4, 0.5) is 0 Å². The Morgan fingerprint density at radius 2 is 2.00 bits per heavy atom. The maximum absolute atomic E-state index is 11.7. The summed E-state index contributed by atoms with van der Waals surface area (Å²) in [6, 6.07) is 5.64. The molecule has 0 radical (unpaired) electrons. The fourth-order valence-electron chi connectivity index (χ4n) is 1.59. The van der Waals surface area contributed by atoms with Gasteiger partial charge in [0.1, 0.15) is 6.61 Å². The summed E-state index contributed by atoms with van der Waals surface area (Å²) in [4.78, 5) is 11.7. The second kappa shape index (κ2) is 7.88. The van der Waals surface area contributed by atoms with Gasteiger partial charge in [0.15, 0.2) is 0 Å². The fraction of sp³-hybridized carbons (Fsp3) is 0.533. The molecule has 0 atom stereocenters. The molecule has 0 heterocycles. The van der Waals surface area contributed by atoms with Crippen molar-refractivity contribution in [3.63, 3.8) is 0 Å². The number of carbonyl (C=O) groups excluding carboxylic acids is 1. The molecule has 1 N–H and O–H groups in total. The van der Waals surface area contributed by atoms with E-state index in [1.165, 1.54) is 12.0 Å². The highest BCUT2D eigenvalue weighted by Crippen LogP contribution is 2.10. The van der Waals surface area contributed by atoms with E-state index in [0.29, 0.717) is 12.2 Å².